The van der Waals surface area contributed by atoms with Gasteiger partial charge in [-0.3, -0.25) is 10.1 Å². The Kier molecular flexibility index (Phi) is 3.45. The average molecular weight is 255 g/mol. The average Bonchev–Trinajstić information content (AvgIpc) is 2.27. The molecule has 90 valence electrons. The lowest BCUT2D eigenvalue weighted by Crippen LogP contribution is -2.23. The molecule has 7 nitrogen and oxygen atoms in total. The number of nitrogens with zero attached hydrogens (tertiary/aromatic N) is 3. The first-order chi connectivity index (χ1) is 7.80. The van der Waals surface area contributed by atoms with Crippen molar-refractivity contribution < 1.29 is 13.3 Å². The molecule has 8 heteroatoms. The van der Waals surface area contributed by atoms with E-state index in [1.807, 2.05) is 0 Å². The fourth-order valence-corrected chi connectivity index (χ4v) is 2.18. The van der Waals surface area contributed by atoms with E-state index >= 15 is 0 Å². The predicted molar refractivity (Wildman–Crippen MR) is 58.7 cm³/mol. The number of sulfonamides is 1. The van der Waals surface area contributed by atoms with Crippen LogP contribution in [-0.2, 0) is 10.0 Å². The van der Waals surface area contributed by atoms with E-state index in [1.54, 1.807) is 6.07 Å². The summed E-state index contributed by atoms with van der Waals surface area (Å²) in [5.74, 6) is 0. The summed E-state index contributed by atoms with van der Waals surface area (Å²) >= 11 is 0. The maximum absolute atomic E-state index is 11.8. The third-order valence-corrected chi connectivity index (χ3v) is 3.91. The van der Waals surface area contributed by atoms with Gasteiger partial charge in [-0.1, -0.05) is 0 Å². The van der Waals surface area contributed by atoms with E-state index in [0.717, 1.165) is 22.5 Å². The second-order valence-electron chi connectivity index (χ2n) is 3.34. The van der Waals surface area contributed by atoms with Crippen LogP contribution in [0.25, 0.3) is 0 Å². The number of nitro groups is 1. The third kappa shape index (κ3) is 2.41. The van der Waals surface area contributed by atoms with Crippen molar-refractivity contribution in [2.24, 2.45) is 0 Å². The first kappa shape index (κ1) is 13.1. The molecular formula is C9H9N3O4S. The quantitative estimate of drug-likeness (QED) is 0.584. The minimum atomic E-state index is -3.87. The zero-order valence-corrected chi connectivity index (χ0v) is 9.93. The van der Waals surface area contributed by atoms with Crippen molar-refractivity contribution in [1.29, 1.82) is 5.26 Å². The molecule has 0 aliphatic heterocycles. The molecule has 0 spiro atoms. The molecule has 0 atom stereocenters. The van der Waals surface area contributed by atoms with Crippen molar-refractivity contribution in [2.75, 3.05) is 14.1 Å². The van der Waals surface area contributed by atoms with Crippen LogP contribution in [0, 0.1) is 21.4 Å². The van der Waals surface area contributed by atoms with Crippen LogP contribution in [0.2, 0.25) is 0 Å². The molecule has 1 aromatic rings. The van der Waals surface area contributed by atoms with Gasteiger partial charge in [0.05, 0.1) is 10.5 Å². The van der Waals surface area contributed by atoms with Gasteiger partial charge in [0.15, 0.2) is 0 Å². The Morgan fingerprint density at radius 3 is 2.41 bits per heavy atom. The minimum absolute atomic E-state index is 0.121. The summed E-state index contributed by atoms with van der Waals surface area (Å²) in [6, 6.07) is 4.79. The molecule has 1 aromatic carbocycles. The van der Waals surface area contributed by atoms with Gasteiger partial charge < -0.3 is 0 Å². The van der Waals surface area contributed by atoms with Gasteiger partial charge in [-0.15, -0.1) is 0 Å². The maximum Gasteiger partial charge on any atom is 0.270 e. The highest BCUT2D eigenvalue weighted by atomic mass is 32.2. The standard InChI is InChI=1S/C9H9N3O4S/c1-11(2)17(15,16)9-5-8(12(13)14)4-3-7(9)6-10/h3-5H,1-2H3. The van der Waals surface area contributed by atoms with Crippen LogP contribution in [0.15, 0.2) is 23.1 Å². The molecule has 0 saturated carbocycles. The van der Waals surface area contributed by atoms with Crippen molar-refractivity contribution in [3.05, 3.63) is 33.9 Å². The molecule has 0 saturated heterocycles. The molecule has 17 heavy (non-hydrogen) atoms. The van der Waals surface area contributed by atoms with E-state index in [-0.39, 0.29) is 16.1 Å². The van der Waals surface area contributed by atoms with Crippen molar-refractivity contribution in [3.8, 4) is 6.07 Å². The summed E-state index contributed by atoms with van der Waals surface area (Å²) in [6.45, 7) is 0. The molecule has 0 N–H and O–H groups in total. The number of benzene rings is 1. The Morgan fingerprint density at radius 2 is 2.00 bits per heavy atom. The predicted octanol–water partition coefficient (Wildman–Crippen LogP) is 0.717. The Labute approximate surface area is 98.1 Å². The van der Waals surface area contributed by atoms with E-state index in [4.69, 9.17) is 5.26 Å². The van der Waals surface area contributed by atoms with Gasteiger partial charge in [-0.25, -0.2) is 12.7 Å². The molecule has 0 heterocycles. The highest BCUT2D eigenvalue weighted by Crippen LogP contribution is 2.23. The number of rotatable bonds is 3. The summed E-state index contributed by atoms with van der Waals surface area (Å²) in [7, 11) is -1.30. The van der Waals surface area contributed by atoms with E-state index in [9.17, 15) is 18.5 Å². The zero-order chi connectivity index (χ0) is 13.2. The van der Waals surface area contributed by atoms with Crippen LogP contribution < -0.4 is 0 Å². The molecule has 0 aromatic heterocycles. The maximum atomic E-state index is 11.8. The van der Waals surface area contributed by atoms with Crippen LogP contribution in [0.3, 0.4) is 0 Å². The minimum Gasteiger partial charge on any atom is -0.258 e. The van der Waals surface area contributed by atoms with Crippen molar-refractivity contribution in [1.82, 2.24) is 4.31 Å². The second-order valence-corrected chi connectivity index (χ2v) is 5.46. The Morgan fingerprint density at radius 1 is 1.41 bits per heavy atom. The van der Waals surface area contributed by atoms with E-state index in [2.05, 4.69) is 0 Å². The lowest BCUT2D eigenvalue weighted by atomic mass is 10.2. The van der Waals surface area contributed by atoms with Crippen molar-refractivity contribution in [3.63, 3.8) is 0 Å². The van der Waals surface area contributed by atoms with Crippen LogP contribution in [-0.4, -0.2) is 31.7 Å². The van der Waals surface area contributed by atoms with Crippen LogP contribution in [0.5, 0.6) is 0 Å². The monoisotopic (exact) mass is 255 g/mol. The first-order valence-electron chi connectivity index (χ1n) is 4.41. The van der Waals surface area contributed by atoms with Gasteiger partial charge in [0, 0.05) is 26.2 Å². The molecular weight excluding hydrogens is 246 g/mol. The highest BCUT2D eigenvalue weighted by molar-refractivity contribution is 7.89. The number of nitro benzene ring substituents is 1. The molecule has 0 bridgehead atoms. The Balaban J connectivity index is 3.57. The molecule has 0 fully saturated rings. The van der Waals surface area contributed by atoms with Gasteiger partial charge in [-0.05, 0) is 6.07 Å². The number of hydrogen-bond acceptors (Lipinski definition) is 5. The van der Waals surface area contributed by atoms with E-state index in [1.165, 1.54) is 14.1 Å². The van der Waals surface area contributed by atoms with Crippen LogP contribution >= 0.6 is 0 Å². The Bertz CT molecular complexity index is 601. The molecule has 0 radical (unpaired) electrons. The molecule has 0 unspecified atom stereocenters. The molecule has 1 rings (SSSR count). The summed E-state index contributed by atoms with van der Waals surface area (Å²) in [5, 5.41) is 19.4. The lowest BCUT2D eigenvalue weighted by molar-refractivity contribution is -0.385. The summed E-state index contributed by atoms with van der Waals surface area (Å²) in [4.78, 5) is 9.49. The topological polar surface area (TPSA) is 104 Å². The smallest absolute Gasteiger partial charge is 0.258 e. The van der Waals surface area contributed by atoms with Gasteiger partial charge in [0.1, 0.15) is 11.0 Å². The lowest BCUT2D eigenvalue weighted by Gasteiger charge is -2.11. The third-order valence-electron chi connectivity index (χ3n) is 2.06. The largest absolute Gasteiger partial charge is 0.270 e. The number of nitriles is 1. The van der Waals surface area contributed by atoms with Gasteiger partial charge in [0.2, 0.25) is 10.0 Å². The van der Waals surface area contributed by atoms with E-state index < -0.39 is 14.9 Å². The van der Waals surface area contributed by atoms with Gasteiger partial charge in [0.25, 0.3) is 5.69 Å². The van der Waals surface area contributed by atoms with E-state index in [0.29, 0.717) is 0 Å². The van der Waals surface area contributed by atoms with Crippen molar-refractivity contribution in [2.45, 2.75) is 4.90 Å². The highest BCUT2D eigenvalue weighted by Gasteiger charge is 2.24. The summed E-state index contributed by atoms with van der Waals surface area (Å²) < 4.78 is 24.6. The summed E-state index contributed by atoms with van der Waals surface area (Å²) in [5.41, 5.74) is -0.492. The fourth-order valence-electron chi connectivity index (χ4n) is 1.13. The first-order valence-corrected chi connectivity index (χ1v) is 5.85. The van der Waals surface area contributed by atoms with Gasteiger partial charge >= 0.3 is 0 Å². The SMILES string of the molecule is CN(C)S(=O)(=O)c1cc([N+](=O)[O-])ccc1C#N. The molecule has 0 aliphatic rings. The second kappa shape index (κ2) is 4.48. The Hall–Kier alpha value is -1.98. The molecule has 0 amide bonds. The van der Waals surface area contributed by atoms with Crippen molar-refractivity contribution >= 4 is 15.7 Å². The molecule has 0 aliphatic carbocycles. The zero-order valence-electron chi connectivity index (χ0n) is 9.11. The fraction of sp³-hybridized carbons (Fsp3) is 0.222. The number of hydrogen-bond donors (Lipinski definition) is 0. The van der Waals surface area contributed by atoms with Crippen LogP contribution in [0.4, 0.5) is 5.69 Å². The normalized spacial score (nSPS) is 11.2. The number of non-ortho nitro benzene ring substituents is 1. The van der Waals surface area contributed by atoms with Gasteiger partial charge in [-0.2, -0.15) is 5.26 Å². The van der Waals surface area contributed by atoms with Crippen LogP contribution in [0.1, 0.15) is 5.56 Å². The summed E-state index contributed by atoms with van der Waals surface area (Å²) in [6.07, 6.45) is 0.